The van der Waals surface area contributed by atoms with Crippen molar-refractivity contribution >= 4 is 28.8 Å². The Morgan fingerprint density at radius 1 is 1.23 bits per heavy atom. The van der Waals surface area contributed by atoms with E-state index in [-0.39, 0.29) is 17.8 Å². The van der Waals surface area contributed by atoms with Gasteiger partial charge in [0, 0.05) is 44.7 Å². The van der Waals surface area contributed by atoms with Gasteiger partial charge in [-0.05, 0) is 36.9 Å². The van der Waals surface area contributed by atoms with Crippen molar-refractivity contribution in [2.75, 3.05) is 62.5 Å². The number of methoxy groups -OCH3 is 1. The monoisotopic (exact) mass is 545 g/mol. The van der Waals surface area contributed by atoms with Crippen LogP contribution in [0.25, 0.3) is 0 Å². The molecule has 2 aromatic carbocycles. The van der Waals surface area contributed by atoms with Crippen LogP contribution in [0.1, 0.15) is 23.6 Å². The molecule has 2 aliphatic heterocycles. The topological polar surface area (TPSA) is 155 Å². The smallest absolute Gasteiger partial charge is 0.247 e. The van der Waals surface area contributed by atoms with E-state index in [0.717, 1.165) is 37.4 Å². The molecule has 1 atom stereocenters. The van der Waals surface area contributed by atoms with E-state index in [9.17, 15) is 10.1 Å². The molecule has 1 amide bonds. The SMILES string of the molecule is C=CC(=O)Nc1cc(N/C(=C/C(=N)N2OCC[C@@H]2c2cccc(C#N)c2)NN)c(OC)cc1N1CCN(C)CC1. The Hall–Kier alpha value is -4.57. The molecule has 0 unspecified atom stereocenters. The minimum atomic E-state index is -0.335. The first-order chi connectivity index (χ1) is 19.4. The summed E-state index contributed by atoms with van der Waals surface area (Å²) in [6.07, 6.45) is 3.39. The fraction of sp³-hybridized carbons (Fsp3) is 0.321. The largest absolute Gasteiger partial charge is 0.494 e. The quantitative estimate of drug-likeness (QED) is 0.104. The van der Waals surface area contributed by atoms with Gasteiger partial charge in [-0.3, -0.25) is 15.0 Å². The van der Waals surface area contributed by atoms with Gasteiger partial charge < -0.3 is 30.6 Å². The summed E-state index contributed by atoms with van der Waals surface area (Å²) in [5.74, 6) is 6.38. The Bertz CT molecular complexity index is 1330. The number of benzene rings is 2. The second kappa shape index (κ2) is 13.0. The van der Waals surface area contributed by atoms with Crippen molar-refractivity contribution in [3.63, 3.8) is 0 Å². The summed E-state index contributed by atoms with van der Waals surface area (Å²) in [6.45, 7) is 7.38. The first-order valence-corrected chi connectivity index (χ1v) is 12.9. The predicted molar refractivity (Wildman–Crippen MR) is 155 cm³/mol. The fourth-order valence-electron chi connectivity index (χ4n) is 4.71. The van der Waals surface area contributed by atoms with Crippen molar-refractivity contribution in [1.29, 1.82) is 10.7 Å². The molecular formula is C28H35N9O3. The van der Waals surface area contributed by atoms with Crippen molar-refractivity contribution in [3.05, 3.63) is 72.1 Å². The van der Waals surface area contributed by atoms with Gasteiger partial charge in [-0.15, -0.1) is 0 Å². The van der Waals surface area contributed by atoms with E-state index in [0.29, 0.717) is 41.5 Å². The highest BCUT2D eigenvalue weighted by atomic mass is 16.7. The number of nitriles is 1. The van der Waals surface area contributed by atoms with Gasteiger partial charge in [0.15, 0.2) is 0 Å². The van der Waals surface area contributed by atoms with Gasteiger partial charge in [0.05, 0.1) is 48.5 Å². The zero-order valence-corrected chi connectivity index (χ0v) is 22.7. The molecule has 6 N–H and O–H groups in total. The fourth-order valence-corrected chi connectivity index (χ4v) is 4.71. The lowest BCUT2D eigenvalue weighted by Crippen LogP contribution is -2.44. The van der Waals surface area contributed by atoms with E-state index < -0.39 is 0 Å². The Morgan fingerprint density at radius 3 is 2.67 bits per heavy atom. The molecule has 210 valence electrons. The van der Waals surface area contributed by atoms with Crippen LogP contribution in [0.3, 0.4) is 0 Å². The summed E-state index contributed by atoms with van der Waals surface area (Å²) in [5.41, 5.74) is 5.96. The number of piperazine rings is 1. The Morgan fingerprint density at radius 2 is 2.00 bits per heavy atom. The number of hydrazine groups is 1. The molecular weight excluding hydrogens is 510 g/mol. The number of hydrogen-bond acceptors (Lipinski definition) is 10. The zero-order valence-electron chi connectivity index (χ0n) is 22.7. The summed E-state index contributed by atoms with van der Waals surface area (Å²) in [5, 5.41) is 25.6. The summed E-state index contributed by atoms with van der Waals surface area (Å²) < 4.78 is 5.69. The number of hydroxylamine groups is 2. The molecule has 12 heteroatoms. The first kappa shape index (κ1) is 28.4. The number of carbonyl (C=O) groups is 1. The first-order valence-electron chi connectivity index (χ1n) is 12.9. The molecule has 0 saturated carbocycles. The molecule has 2 aliphatic rings. The number of amidine groups is 1. The Balaban J connectivity index is 1.61. The average molecular weight is 546 g/mol. The third-order valence-corrected chi connectivity index (χ3v) is 6.85. The molecule has 2 fully saturated rings. The molecule has 40 heavy (non-hydrogen) atoms. The summed E-state index contributed by atoms with van der Waals surface area (Å²) in [7, 11) is 3.64. The van der Waals surface area contributed by atoms with Gasteiger partial charge >= 0.3 is 0 Å². The van der Waals surface area contributed by atoms with Crippen LogP contribution in [0.2, 0.25) is 0 Å². The lowest BCUT2D eigenvalue weighted by molar-refractivity contribution is -0.111. The molecule has 2 saturated heterocycles. The third-order valence-electron chi connectivity index (χ3n) is 6.85. The van der Waals surface area contributed by atoms with E-state index in [1.54, 1.807) is 25.3 Å². The normalized spacial score (nSPS) is 17.6. The number of nitrogens with zero attached hydrogens (tertiary/aromatic N) is 4. The van der Waals surface area contributed by atoms with Crippen LogP contribution in [-0.2, 0) is 9.63 Å². The number of nitrogens with two attached hydrogens (primary N) is 1. The van der Waals surface area contributed by atoms with Crippen molar-refractivity contribution in [3.8, 4) is 11.8 Å². The number of carbonyl (C=O) groups excluding carboxylic acids is 1. The Labute approximate surface area is 234 Å². The van der Waals surface area contributed by atoms with Gasteiger partial charge in [-0.1, -0.05) is 18.7 Å². The van der Waals surface area contributed by atoms with Crippen LogP contribution >= 0.6 is 0 Å². The number of amides is 1. The molecule has 12 nitrogen and oxygen atoms in total. The summed E-state index contributed by atoms with van der Waals surface area (Å²) in [6, 6.07) is 12.8. The van der Waals surface area contributed by atoms with Crippen LogP contribution in [0.15, 0.2) is 61.0 Å². The third kappa shape index (κ3) is 6.52. The van der Waals surface area contributed by atoms with Gasteiger partial charge in [-0.25, -0.2) is 10.9 Å². The van der Waals surface area contributed by atoms with E-state index >= 15 is 0 Å². The number of likely N-dealkylation sites (N-methyl/N-ethyl adjacent to an activating group) is 1. The van der Waals surface area contributed by atoms with E-state index in [4.69, 9.17) is 20.8 Å². The number of anilines is 3. The minimum absolute atomic E-state index is 0.0542. The highest BCUT2D eigenvalue weighted by Gasteiger charge is 2.29. The lowest BCUT2D eigenvalue weighted by atomic mass is 10.0. The highest BCUT2D eigenvalue weighted by molar-refractivity contribution is 6.02. The second-order valence-electron chi connectivity index (χ2n) is 9.47. The van der Waals surface area contributed by atoms with Crippen molar-refractivity contribution < 1.29 is 14.4 Å². The van der Waals surface area contributed by atoms with Gasteiger partial charge in [-0.2, -0.15) is 5.26 Å². The predicted octanol–water partition coefficient (Wildman–Crippen LogP) is 2.52. The van der Waals surface area contributed by atoms with Crippen molar-refractivity contribution in [1.82, 2.24) is 15.4 Å². The molecule has 0 spiro atoms. The standard InChI is InChI=1S/C28H35N9O3/c1-4-28(38)33-21-15-22(25(39-3)16-24(21)36-11-9-35(2)10-12-36)32-27(34-31)17-26(30)37-23(8-13-40-37)20-7-5-6-19(14-20)18-29/h4-7,14-17,23,30,32,34H,1,8-13,31H2,2-3H3,(H,33,38)/b27-17-,30-26?/t23-/m1/s1. The van der Waals surface area contributed by atoms with Gasteiger partial charge in [0.1, 0.15) is 17.4 Å². The zero-order chi connectivity index (χ0) is 28.6. The average Bonchev–Trinajstić information content (AvgIpc) is 3.48. The maximum atomic E-state index is 12.3. The van der Waals surface area contributed by atoms with E-state index in [2.05, 4.69) is 45.6 Å². The van der Waals surface area contributed by atoms with Gasteiger partial charge in [0.2, 0.25) is 5.91 Å². The van der Waals surface area contributed by atoms with E-state index in [1.165, 1.54) is 17.2 Å². The molecule has 0 aromatic heterocycles. The molecule has 4 rings (SSSR count). The molecule has 2 heterocycles. The molecule has 0 radical (unpaired) electrons. The van der Waals surface area contributed by atoms with Crippen LogP contribution in [0.4, 0.5) is 17.1 Å². The van der Waals surface area contributed by atoms with E-state index in [1.807, 2.05) is 18.2 Å². The number of nitrogens with one attached hydrogen (secondary N) is 4. The lowest BCUT2D eigenvalue weighted by Gasteiger charge is -2.35. The maximum absolute atomic E-state index is 12.3. The molecule has 0 bridgehead atoms. The number of ether oxygens (including phenoxy) is 1. The van der Waals surface area contributed by atoms with Gasteiger partial charge in [0.25, 0.3) is 0 Å². The summed E-state index contributed by atoms with van der Waals surface area (Å²) in [4.78, 5) is 22.5. The second-order valence-corrected chi connectivity index (χ2v) is 9.47. The van der Waals surface area contributed by atoms with Crippen LogP contribution < -0.4 is 31.5 Å². The Kier molecular flexibility index (Phi) is 9.23. The van der Waals surface area contributed by atoms with Crippen LogP contribution in [0, 0.1) is 16.7 Å². The van der Waals surface area contributed by atoms with Crippen molar-refractivity contribution in [2.24, 2.45) is 5.84 Å². The summed E-state index contributed by atoms with van der Waals surface area (Å²) >= 11 is 0. The van der Waals surface area contributed by atoms with Crippen LogP contribution in [0.5, 0.6) is 5.75 Å². The minimum Gasteiger partial charge on any atom is -0.494 e. The van der Waals surface area contributed by atoms with Crippen molar-refractivity contribution in [2.45, 2.75) is 12.5 Å². The maximum Gasteiger partial charge on any atom is 0.247 e. The number of hydrogen-bond donors (Lipinski definition) is 5. The highest BCUT2D eigenvalue weighted by Crippen LogP contribution is 2.38. The van der Waals surface area contributed by atoms with Crippen LogP contribution in [-0.4, -0.2) is 68.6 Å². The number of rotatable bonds is 9. The molecule has 2 aromatic rings. The molecule has 0 aliphatic carbocycles.